The molecule has 0 radical (unpaired) electrons. The van der Waals surface area contributed by atoms with Crippen LogP contribution in [0, 0.1) is 5.82 Å². The molecule has 41 heavy (non-hydrogen) atoms. The molecule has 0 heterocycles. The van der Waals surface area contributed by atoms with Crippen LogP contribution < -0.4 is 9.62 Å². The molecule has 3 aromatic carbocycles. The van der Waals surface area contributed by atoms with Crippen LogP contribution in [0.3, 0.4) is 0 Å². The summed E-state index contributed by atoms with van der Waals surface area (Å²) in [5.41, 5.74) is 1.26. The van der Waals surface area contributed by atoms with Gasteiger partial charge in [0.2, 0.25) is 21.8 Å². The third kappa shape index (κ3) is 9.18. The first-order valence-electron chi connectivity index (χ1n) is 13.3. The van der Waals surface area contributed by atoms with Gasteiger partial charge in [-0.05, 0) is 42.7 Å². The first-order chi connectivity index (χ1) is 19.5. The quantitative estimate of drug-likeness (QED) is 0.245. The third-order valence-electron chi connectivity index (χ3n) is 6.48. The van der Waals surface area contributed by atoms with Crippen LogP contribution in [0.25, 0.3) is 0 Å². The Kier molecular flexibility index (Phi) is 12.0. The number of nitrogens with one attached hydrogen (secondary N) is 1. The summed E-state index contributed by atoms with van der Waals surface area (Å²) in [6.07, 6.45) is 1.93. The number of halogens is 3. The third-order valence-corrected chi connectivity index (χ3v) is 8.37. The van der Waals surface area contributed by atoms with Gasteiger partial charge in [0.1, 0.15) is 11.9 Å². The van der Waals surface area contributed by atoms with Gasteiger partial charge in [0.15, 0.2) is 0 Å². The number of sulfonamides is 1. The van der Waals surface area contributed by atoms with Gasteiger partial charge in [-0.25, -0.2) is 12.8 Å². The topological polar surface area (TPSA) is 86.8 Å². The second kappa shape index (κ2) is 15.2. The SMILES string of the molecule is CCCNC(=O)[C@@H](Cc1ccccc1)N(Cc1c(Cl)cccc1Cl)C(=O)CCCN(c1ccccc1F)S(C)(=O)=O. The normalized spacial score (nSPS) is 12.0. The molecule has 3 rings (SSSR count). The summed E-state index contributed by atoms with van der Waals surface area (Å²) in [5.74, 6) is -1.40. The number of para-hydroxylation sites is 1. The van der Waals surface area contributed by atoms with Gasteiger partial charge in [-0.15, -0.1) is 0 Å². The van der Waals surface area contributed by atoms with E-state index in [1.54, 1.807) is 24.3 Å². The summed E-state index contributed by atoms with van der Waals surface area (Å²) in [5, 5.41) is 3.60. The fourth-order valence-electron chi connectivity index (χ4n) is 4.41. The van der Waals surface area contributed by atoms with Crippen LogP contribution in [0.2, 0.25) is 10.0 Å². The number of hydrogen-bond donors (Lipinski definition) is 1. The Morgan fingerprint density at radius 2 is 1.59 bits per heavy atom. The number of amides is 2. The van der Waals surface area contributed by atoms with Crippen molar-refractivity contribution in [2.75, 3.05) is 23.7 Å². The van der Waals surface area contributed by atoms with Crippen molar-refractivity contribution in [2.45, 2.75) is 45.2 Å². The fourth-order valence-corrected chi connectivity index (χ4v) is 5.89. The van der Waals surface area contributed by atoms with E-state index < -0.39 is 27.8 Å². The number of rotatable bonds is 14. The number of nitrogens with zero attached hydrogens (tertiary/aromatic N) is 2. The van der Waals surface area contributed by atoms with Gasteiger partial charge >= 0.3 is 0 Å². The molecule has 3 aromatic rings. The Balaban J connectivity index is 1.92. The molecule has 2 amide bonds. The van der Waals surface area contributed by atoms with Crippen molar-refractivity contribution in [2.24, 2.45) is 0 Å². The molecule has 0 bridgehead atoms. The van der Waals surface area contributed by atoms with E-state index in [1.165, 1.54) is 23.1 Å². The minimum atomic E-state index is -3.83. The number of hydrogen-bond acceptors (Lipinski definition) is 4. The molecule has 0 unspecified atom stereocenters. The van der Waals surface area contributed by atoms with Crippen LogP contribution >= 0.6 is 23.2 Å². The van der Waals surface area contributed by atoms with Gasteiger partial charge in [0.05, 0.1) is 11.9 Å². The van der Waals surface area contributed by atoms with Crippen LogP contribution in [0.4, 0.5) is 10.1 Å². The van der Waals surface area contributed by atoms with E-state index in [-0.39, 0.29) is 43.9 Å². The minimum absolute atomic E-state index is 0.0303. The highest BCUT2D eigenvalue weighted by molar-refractivity contribution is 7.92. The summed E-state index contributed by atoms with van der Waals surface area (Å²) in [7, 11) is -3.83. The predicted octanol–water partition coefficient (Wildman–Crippen LogP) is 5.85. The van der Waals surface area contributed by atoms with E-state index in [2.05, 4.69) is 5.32 Å². The molecule has 0 spiro atoms. The lowest BCUT2D eigenvalue weighted by Gasteiger charge is -2.32. The average Bonchev–Trinajstić information content (AvgIpc) is 2.93. The molecule has 1 atom stereocenters. The molecule has 1 N–H and O–H groups in total. The Bertz CT molecular complexity index is 1420. The van der Waals surface area contributed by atoms with Crippen molar-refractivity contribution >= 4 is 50.7 Å². The summed E-state index contributed by atoms with van der Waals surface area (Å²) >= 11 is 12.9. The molecule has 0 aliphatic carbocycles. The minimum Gasteiger partial charge on any atom is -0.354 e. The second-order valence-electron chi connectivity index (χ2n) is 9.61. The maximum atomic E-state index is 14.5. The van der Waals surface area contributed by atoms with Crippen molar-refractivity contribution in [1.82, 2.24) is 10.2 Å². The molecule has 0 fully saturated rings. The molecule has 0 aromatic heterocycles. The van der Waals surface area contributed by atoms with Gasteiger partial charge in [0.25, 0.3) is 0 Å². The van der Waals surface area contributed by atoms with Gasteiger partial charge in [-0.3, -0.25) is 13.9 Å². The van der Waals surface area contributed by atoms with Crippen LogP contribution in [0.15, 0.2) is 72.8 Å². The lowest BCUT2D eigenvalue weighted by Crippen LogP contribution is -2.50. The summed E-state index contributed by atoms with van der Waals surface area (Å²) < 4.78 is 40.4. The van der Waals surface area contributed by atoms with E-state index in [4.69, 9.17) is 23.2 Å². The van der Waals surface area contributed by atoms with Crippen molar-refractivity contribution in [3.05, 3.63) is 99.8 Å². The highest BCUT2D eigenvalue weighted by Gasteiger charge is 2.31. The maximum Gasteiger partial charge on any atom is 0.243 e. The molecule has 0 saturated heterocycles. The zero-order valence-electron chi connectivity index (χ0n) is 23.0. The van der Waals surface area contributed by atoms with E-state index in [0.717, 1.165) is 16.1 Å². The largest absolute Gasteiger partial charge is 0.354 e. The maximum absolute atomic E-state index is 14.5. The van der Waals surface area contributed by atoms with Crippen molar-refractivity contribution in [3.63, 3.8) is 0 Å². The molecular formula is C30H34Cl2FN3O4S. The Morgan fingerprint density at radius 3 is 2.20 bits per heavy atom. The van der Waals surface area contributed by atoms with Gasteiger partial charge in [-0.2, -0.15) is 0 Å². The summed E-state index contributed by atoms with van der Waals surface area (Å²) in [6.45, 7) is 2.21. The number of benzene rings is 3. The standard InChI is InChI=1S/C30H34Cl2FN3O4S/c1-3-18-34-30(38)28(20-22-11-5-4-6-12-22)35(21-23-24(31)13-9-14-25(23)32)29(37)17-10-19-36(41(2,39)40)27-16-8-7-15-26(27)33/h4-9,11-16,28H,3,10,17-21H2,1-2H3,(H,34,38)/t28-/m1/s1. The van der Waals surface area contributed by atoms with Crippen molar-refractivity contribution < 1.29 is 22.4 Å². The number of carbonyl (C=O) groups is 2. The zero-order chi connectivity index (χ0) is 30.0. The highest BCUT2D eigenvalue weighted by Crippen LogP contribution is 2.28. The van der Waals surface area contributed by atoms with Gasteiger partial charge in [0, 0.05) is 48.1 Å². The Hall–Kier alpha value is -3.14. The van der Waals surface area contributed by atoms with Crippen LogP contribution in [-0.2, 0) is 32.6 Å². The number of carbonyl (C=O) groups excluding carboxylic acids is 2. The van der Waals surface area contributed by atoms with Gasteiger partial charge < -0.3 is 10.2 Å². The monoisotopic (exact) mass is 621 g/mol. The molecule has 0 aliphatic rings. The molecule has 7 nitrogen and oxygen atoms in total. The van der Waals surface area contributed by atoms with Crippen LogP contribution in [-0.4, -0.2) is 50.5 Å². The lowest BCUT2D eigenvalue weighted by molar-refractivity contribution is -0.141. The summed E-state index contributed by atoms with van der Waals surface area (Å²) in [6, 6.07) is 19.0. The molecule has 220 valence electrons. The Morgan fingerprint density at radius 1 is 0.951 bits per heavy atom. The second-order valence-corrected chi connectivity index (χ2v) is 12.3. The average molecular weight is 623 g/mol. The van der Waals surface area contributed by atoms with Crippen LogP contribution in [0.5, 0.6) is 0 Å². The highest BCUT2D eigenvalue weighted by atomic mass is 35.5. The first kappa shape index (κ1) is 32.4. The van der Waals surface area contributed by atoms with Crippen LogP contribution in [0.1, 0.15) is 37.3 Å². The van der Waals surface area contributed by atoms with E-state index in [9.17, 15) is 22.4 Å². The van der Waals surface area contributed by atoms with E-state index in [0.29, 0.717) is 28.6 Å². The molecule has 11 heteroatoms. The van der Waals surface area contributed by atoms with Crippen molar-refractivity contribution in [3.8, 4) is 0 Å². The smallest absolute Gasteiger partial charge is 0.243 e. The zero-order valence-corrected chi connectivity index (χ0v) is 25.4. The Labute approximate surface area is 251 Å². The fraction of sp³-hybridized carbons (Fsp3) is 0.333. The molecular weight excluding hydrogens is 588 g/mol. The summed E-state index contributed by atoms with van der Waals surface area (Å²) in [4.78, 5) is 28.7. The number of anilines is 1. The molecule has 0 saturated carbocycles. The van der Waals surface area contributed by atoms with E-state index in [1.807, 2.05) is 37.3 Å². The molecule has 0 aliphatic heterocycles. The predicted molar refractivity (Wildman–Crippen MR) is 162 cm³/mol. The van der Waals surface area contributed by atoms with Gasteiger partial charge in [-0.1, -0.05) is 78.7 Å². The first-order valence-corrected chi connectivity index (χ1v) is 15.9. The lowest BCUT2D eigenvalue weighted by atomic mass is 10.0. The van der Waals surface area contributed by atoms with E-state index >= 15 is 0 Å². The van der Waals surface area contributed by atoms with Crippen molar-refractivity contribution in [1.29, 1.82) is 0 Å².